The molecule has 0 N–H and O–H groups in total. The maximum absolute atomic E-state index is 6.43. The zero-order chi connectivity index (χ0) is 27.6. The van der Waals surface area contributed by atoms with Gasteiger partial charge < -0.3 is 28.4 Å². The van der Waals surface area contributed by atoms with E-state index in [2.05, 4.69) is 30.3 Å². The Morgan fingerprint density at radius 2 is 1.03 bits per heavy atom. The summed E-state index contributed by atoms with van der Waals surface area (Å²) in [5.41, 5.74) is 4.59. The summed E-state index contributed by atoms with van der Waals surface area (Å²) in [7, 11) is 8.29. The van der Waals surface area contributed by atoms with Crippen LogP contribution in [0.25, 0.3) is 0 Å². The minimum atomic E-state index is 0.586. The van der Waals surface area contributed by atoms with Crippen molar-refractivity contribution in [2.24, 2.45) is 0 Å². The van der Waals surface area contributed by atoms with Crippen molar-refractivity contribution in [3.05, 3.63) is 101 Å². The summed E-state index contributed by atoms with van der Waals surface area (Å²) in [6.45, 7) is 0. The van der Waals surface area contributed by atoms with Gasteiger partial charge >= 0.3 is 0 Å². The lowest BCUT2D eigenvalue weighted by Crippen LogP contribution is -2.00. The summed E-state index contributed by atoms with van der Waals surface area (Å²) >= 11 is 0. The van der Waals surface area contributed by atoms with Crippen molar-refractivity contribution in [1.29, 1.82) is 0 Å². The second-order valence-corrected chi connectivity index (χ2v) is 9.10. The quantitative estimate of drug-likeness (QED) is 0.185. The van der Waals surface area contributed by atoms with E-state index < -0.39 is 0 Å². The van der Waals surface area contributed by atoms with E-state index in [1.165, 1.54) is 11.1 Å². The third kappa shape index (κ3) is 7.17. The second kappa shape index (κ2) is 13.5. The lowest BCUT2D eigenvalue weighted by Gasteiger charge is -2.17. The molecule has 0 aliphatic rings. The van der Waals surface area contributed by atoms with Gasteiger partial charge in [-0.15, -0.1) is 0 Å². The van der Waals surface area contributed by atoms with Gasteiger partial charge in [0.1, 0.15) is 17.2 Å². The van der Waals surface area contributed by atoms with Crippen molar-refractivity contribution in [1.82, 2.24) is 0 Å². The van der Waals surface area contributed by atoms with E-state index in [0.717, 1.165) is 54.1 Å². The Kier molecular flexibility index (Phi) is 9.57. The van der Waals surface area contributed by atoms with Crippen molar-refractivity contribution in [2.75, 3.05) is 35.5 Å². The van der Waals surface area contributed by atoms with E-state index >= 15 is 0 Å². The highest BCUT2D eigenvalue weighted by atomic mass is 16.5. The molecule has 0 atom stereocenters. The molecule has 4 aromatic carbocycles. The Morgan fingerprint density at radius 1 is 0.410 bits per heavy atom. The molecule has 0 amide bonds. The van der Waals surface area contributed by atoms with Crippen LogP contribution in [0.5, 0.6) is 40.2 Å². The van der Waals surface area contributed by atoms with E-state index in [-0.39, 0.29) is 0 Å². The highest BCUT2D eigenvalue weighted by Gasteiger charge is 2.16. The Morgan fingerprint density at radius 3 is 1.72 bits per heavy atom. The summed E-state index contributed by atoms with van der Waals surface area (Å²) in [5.74, 6) is 4.92. The third-order valence-electron chi connectivity index (χ3n) is 6.69. The van der Waals surface area contributed by atoms with Gasteiger partial charge in [0.2, 0.25) is 0 Å². The molecule has 0 aromatic heterocycles. The molecule has 0 bridgehead atoms. The predicted molar refractivity (Wildman–Crippen MR) is 153 cm³/mol. The van der Waals surface area contributed by atoms with Crippen molar-refractivity contribution in [2.45, 2.75) is 25.7 Å². The molecule has 39 heavy (non-hydrogen) atoms. The van der Waals surface area contributed by atoms with Crippen LogP contribution < -0.4 is 28.4 Å². The fraction of sp³-hybridized carbons (Fsp3) is 0.273. The molecule has 0 saturated heterocycles. The Labute approximate surface area is 231 Å². The summed E-state index contributed by atoms with van der Waals surface area (Å²) in [4.78, 5) is 0. The highest BCUT2D eigenvalue weighted by molar-refractivity contribution is 5.54. The molecule has 0 radical (unpaired) electrons. The molecule has 0 saturated carbocycles. The SMILES string of the molecule is COc1ccc(CCc2ccc(OC)c(Oc3cc(CCc4cccc(OC)c4)c(OC)cc3OC)c2)cc1. The minimum Gasteiger partial charge on any atom is -0.497 e. The van der Waals surface area contributed by atoms with Gasteiger partial charge in [-0.3, -0.25) is 0 Å². The molecule has 0 spiro atoms. The second-order valence-electron chi connectivity index (χ2n) is 9.10. The molecule has 6 nitrogen and oxygen atoms in total. The summed E-state index contributed by atoms with van der Waals surface area (Å²) in [6.07, 6.45) is 3.34. The van der Waals surface area contributed by atoms with Gasteiger partial charge in [0.05, 0.1) is 35.5 Å². The molecule has 4 rings (SSSR count). The maximum Gasteiger partial charge on any atom is 0.170 e. The number of ether oxygens (including phenoxy) is 6. The van der Waals surface area contributed by atoms with Crippen LogP contribution in [0.2, 0.25) is 0 Å². The molecule has 0 heterocycles. The Bertz CT molecular complexity index is 1360. The van der Waals surface area contributed by atoms with Gasteiger partial charge in [-0.2, -0.15) is 0 Å². The standard InChI is InChI=1S/C33H36O6/c1-34-27-16-12-23(13-17-27)9-10-25-14-18-29(36-3)32(20-25)39-33-21-26(30(37-4)22-31(33)38-5)15-11-24-7-6-8-28(19-24)35-2/h6-8,12-14,16-22H,9-11,15H2,1-5H3. The van der Waals surface area contributed by atoms with Crippen LogP contribution in [0, 0.1) is 0 Å². The van der Waals surface area contributed by atoms with Gasteiger partial charge in [-0.25, -0.2) is 0 Å². The van der Waals surface area contributed by atoms with Crippen molar-refractivity contribution in [3.8, 4) is 40.2 Å². The monoisotopic (exact) mass is 528 g/mol. The van der Waals surface area contributed by atoms with Crippen LogP contribution in [0.4, 0.5) is 0 Å². The number of hydrogen-bond donors (Lipinski definition) is 0. The van der Waals surface area contributed by atoms with Crippen LogP contribution in [0.3, 0.4) is 0 Å². The van der Waals surface area contributed by atoms with E-state index in [4.69, 9.17) is 28.4 Å². The first-order valence-electron chi connectivity index (χ1n) is 12.9. The van der Waals surface area contributed by atoms with Crippen LogP contribution in [-0.4, -0.2) is 35.5 Å². The number of aryl methyl sites for hydroxylation is 4. The van der Waals surface area contributed by atoms with Gasteiger partial charge in [0.25, 0.3) is 0 Å². The number of hydrogen-bond acceptors (Lipinski definition) is 6. The average molecular weight is 529 g/mol. The third-order valence-corrected chi connectivity index (χ3v) is 6.69. The van der Waals surface area contributed by atoms with Crippen LogP contribution in [0.1, 0.15) is 22.3 Å². The number of rotatable bonds is 13. The average Bonchev–Trinajstić information content (AvgIpc) is 2.99. The first-order valence-corrected chi connectivity index (χ1v) is 12.9. The number of methoxy groups -OCH3 is 5. The molecule has 0 unspecified atom stereocenters. The Balaban J connectivity index is 1.56. The maximum atomic E-state index is 6.43. The molecule has 6 heteroatoms. The molecule has 0 aliphatic heterocycles. The van der Waals surface area contributed by atoms with Gasteiger partial charge in [0.15, 0.2) is 23.0 Å². The van der Waals surface area contributed by atoms with E-state index in [1.54, 1.807) is 35.5 Å². The van der Waals surface area contributed by atoms with E-state index in [0.29, 0.717) is 23.0 Å². The molecular weight excluding hydrogens is 492 g/mol. The van der Waals surface area contributed by atoms with Crippen molar-refractivity contribution >= 4 is 0 Å². The first kappa shape index (κ1) is 27.7. The fourth-order valence-corrected chi connectivity index (χ4v) is 4.47. The Hall–Kier alpha value is -4.32. The summed E-state index contributed by atoms with van der Waals surface area (Å²) in [6, 6.07) is 26.2. The minimum absolute atomic E-state index is 0.586. The summed E-state index contributed by atoms with van der Waals surface area (Å²) in [5, 5.41) is 0. The molecule has 0 aliphatic carbocycles. The van der Waals surface area contributed by atoms with Crippen LogP contribution in [0.15, 0.2) is 78.9 Å². The van der Waals surface area contributed by atoms with Gasteiger partial charge in [-0.1, -0.05) is 30.3 Å². The topological polar surface area (TPSA) is 55.4 Å². The first-order chi connectivity index (χ1) is 19.1. The lowest BCUT2D eigenvalue weighted by molar-refractivity contribution is 0.350. The predicted octanol–water partition coefficient (Wildman–Crippen LogP) is 7.09. The molecule has 0 fully saturated rings. The lowest BCUT2D eigenvalue weighted by atomic mass is 10.0. The molecule has 204 valence electrons. The fourth-order valence-electron chi connectivity index (χ4n) is 4.47. The largest absolute Gasteiger partial charge is 0.497 e. The normalized spacial score (nSPS) is 10.6. The van der Waals surface area contributed by atoms with Crippen molar-refractivity contribution in [3.63, 3.8) is 0 Å². The summed E-state index contributed by atoms with van der Waals surface area (Å²) < 4.78 is 34.0. The molecule has 4 aromatic rings. The highest BCUT2D eigenvalue weighted by Crippen LogP contribution is 2.41. The smallest absolute Gasteiger partial charge is 0.170 e. The number of benzene rings is 4. The van der Waals surface area contributed by atoms with Crippen LogP contribution in [-0.2, 0) is 25.7 Å². The zero-order valence-corrected chi connectivity index (χ0v) is 23.3. The van der Waals surface area contributed by atoms with Gasteiger partial charge in [0, 0.05) is 6.07 Å². The van der Waals surface area contributed by atoms with E-state index in [9.17, 15) is 0 Å². The van der Waals surface area contributed by atoms with E-state index in [1.807, 2.05) is 48.5 Å². The zero-order valence-electron chi connectivity index (χ0n) is 23.3. The molecular formula is C33H36O6. The van der Waals surface area contributed by atoms with Crippen molar-refractivity contribution < 1.29 is 28.4 Å². The van der Waals surface area contributed by atoms with Crippen LogP contribution >= 0.6 is 0 Å². The van der Waals surface area contributed by atoms with Gasteiger partial charge in [-0.05, 0) is 90.4 Å².